The van der Waals surface area contributed by atoms with E-state index in [4.69, 9.17) is 60.8 Å². The van der Waals surface area contributed by atoms with Crippen molar-refractivity contribution in [2.24, 2.45) is 0 Å². The Morgan fingerprint density at radius 1 is 0.366 bits per heavy atom. The van der Waals surface area contributed by atoms with Crippen LogP contribution in [-0.4, -0.2) is 94.0 Å². The van der Waals surface area contributed by atoms with Crippen molar-refractivity contribution in [2.45, 2.75) is 82.4 Å². The largest absolute Gasteiger partial charge is 0.494 e. The maximum atomic E-state index is 12.7. The fourth-order valence-electron chi connectivity index (χ4n) is 9.79. The minimum Gasteiger partial charge on any atom is -0.494 e. The van der Waals surface area contributed by atoms with Gasteiger partial charge in [0.25, 0.3) is 0 Å². The molecule has 0 radical (unpaired) electrons. The molecule has 0 bridgehead atoms. The summed E-state index contributed by atoms with van der Waals surface area (Å²) < 4.78 is 157. The van der Waals surface area contributed by atoms with Crippen LogP contribution in [0.4, 0.5) is 62.3 Å². The van der Waals surface area contributed by atoms with Crippen LogP contribution < -0.4 is 51.4 Å². The van der Waals surface area contributed by atoms with Gasteiger partial charge in [-0.3, -0.25) is 0 Å². The second kappa shape index (κ2) is 43.3. The summed E-state index contributed by atoms with van der Waals surface area (Å²) >= 11 is 0. The van der Waals surface area contributed by atoms with Gasteiger partial charge in [-0.25, -0.2) is 28.8 Å². The first-order valence-electron chi connectivity index (χ1n) is 34.6. The first-order chi connectivity index (χ1) is 53.4. The summed E-state index contributed by atoms with van der Waals surface area (Å²) in [6.07, 6.45) is -6.17. The molecule has 0 saturated carbocycles. The molecule has 8 N–H and O–H groups in total. The van der Waals surface area contributed by atoms with E-state index in [0.717, 1.165) is 22.3 Å². The van der Waals surface area contributed by atoms with Gasteiger partial charge in [-0.1, -0.05) is 66.7 Å². The lowest BCUT2D eigenvalue weighted by atomic mass is 10.0. The summed E-state index contributed by atoms with van der Waals surface area (Å²) in [5.74, 6) is -1.33. The van der Waals surface area contributed by atoms with Gasteiger partial charge in [0.15, 0.2) is 0 Å². The van der Waals surface area contributed by atoms with Crippen molar-refractivity contribution in [3.8, 4) is 34.5 Å². The average molecular weight is 1560 g/mol. The Morgan fingerprint density at radius 2 is 0.679 bits per heavy atom. The highest BCUT2D eigenvalue weighted by Crippen LogP contribution is 2.28. The van der Waals surface area contributed by atoms with E-state index in [1.807, 2.05) is 24.3 Å². The van der Waals surface area contributed by atoms with E-state index in [1.165, 1.54) is 98.1 Å². The number of anilines is 4. The summed E-state index contributed by atoms with van der Waals surface area (Å²) in [5.41, 5.74) is 31.2. The number of benzene rings is 9. The van der Waals surface area contributed by atoms with E-state index in [9.17, 15) is 68.3 Å². The highest BCUT2D eigenvalue weighted by molar-refractivity contribution is 5.93. The number of halogens is 9. The smallest absolute Gasteiger partial charge is 0.389 e. The van der Waals surface area contributed by atoms with Crippen LogP contribution in [0.5, 0.6) is 34.5 Å². The van der Waals surface area contributed by atoms with Crippen LogP contribution in [0.3, 0.4) is 0 Å². The standard InChI is InChI=1S/C35H33F3N2O5.C28H27F3N2O5.C21H19F3O5/c36-35(37,38)20-1-21-43-30-17-9-27(10-18-30)34(42)45-31-15-6-24(7-16-31)8-19-33(41)44-32(22-25-2-11-28(39)12-3-25)23-26-4-13-29(40)14-5-26;29-28(30,31)15-1-16-36-23-11-6-21(7-12-23)27(35)38-24-9-2-19(3-10-24)4-13-26(34)37-17-14-20-5-8-22(32)18-25(20)33;1-27-19(25)12-5-15-3-8-18(9-4-15)29-20(26)16-6-10-17(11-7-16)28-14-2-13-21(22,23)24/h2-19,32H,1,20-23,39-40H2;2-13,18H,1,14-17,32-33H2;3-12H,2,13-14H2,1H3/b19-8+;13-4+;12-5+. The lowest BCUT2D eigenvalue weighted by Crippen LogP contribution is -2.22. The number of nitrogens with two attached hydrogens (primary N) is 4. The molecule has 28 heteroatoms. The zero-order valence-electron chi connectivity index (χ0n) is 60.3. The van der Waals surface area contributed by atoms with E-state index in [-0.39, 0.29) is 62.4 Å². The Labute approximate surface area is 639 Å². The zero-order chi connectivity index (χ0) is 81.1. The van der Waals surface area contributed by atoms with Crippen molar-refractivity contribution in [1.29, 1.82) is 0 Å². The van der Waals surface area contributed by atoms with Crippen LogP contribution in [0.25, 0.3) is 18.2 Å². The van der Waals surface area contributed by atoms with Gasteiger partial charge in [0.2, 0.25) is 0 Å². The van der Waals surface area contributed by atoms with E-state index in [2.05, 4.69) is 4.74 Å². The second-order valence-electron chi connectivity index (χ2n) is 24.5. The Balaban J connectivity index is 0.000000239. The van der Waals surface area contributed by atoms with Crippen molar-refractivity contribution in [1.82, 2.24) is 0 Å². The van der Waals surface area contributed by atoms with Crippen molar-refractivity contribution >= 4 is 76.8 Å². The molecule has 0 aliphatic heterocycles. The van der Waals surface area contributed by atoms with E-state index >= 15 is 0 Å². The van der Waals surface area contributed by atoms with Crippen molar-refractivity contribution < 1.29 is 111 Å². The maximum Gasteiger partial charge on any atom is 0.389 e. The predicted molar refractivity (Wildman–Crippen MR) is 404 cm³/mol. The van der Waals surface area contributed by atoms with Crippen LogP contribution in [0.2, 0.25) is 0 Å². The molecule has 9 aromatic rings. The number of hydrogen-bond acceptors (Lipinski definition) is 19. The SMILES string of the molecule is COC(=O)/C=C/c1ccc(OC(=O)c2ccc(OCCCC(F)(F)F)cc2)cc1.Nc1ccc(CC(Cc2ccc(N)cc2)OC(=O)/C=C/c2ccc(OC(=O)c3ccc(OCCCC(F)(F)F)cc3)cc2)cc1.Nc1ccc(CCOC(=O)/C=C/c2ccc(OC(=O)c3ccc(OCCCC(F)(F)F)cc3)cc2)c(N)c1. The molecule has 0 atom stereocenters. The Hall–Kier alpha value is -13.0. The molecule has 0 fully saturated rings. The molecular formula is C84H79F9N4O15. The molecule has 0 aromatic heterocycles. The van der Waals surface area contributed by atoms with Crippen LogP contribution in [0, 0.1) is 0 Å². The number of methoxy groups -OCH3 is 1. The number of carbonyl (C=O) groups is 6. The highest BCUT2D eigenvalue weighted by Gasteiger charge is 2.28. The predicted octanol–water partition coefficient (Wildman–Crippen LogP) is 17.6. The molecule has 9 aromatic carbocycles. The summed E-state index contributed by atoms with van der Waals surface area (Å²) in [6, 6.07) is 57.3. The number of ether oxygens (including phenoxy) is 9. The van der Waals surface area contributed by atoms with E-state index < -0.39 is 79.7 Å². The van der Waals surface area contributed by atoms with Gasteiger partial charge < -0.3 is 65.6 Å². The van der Waals surface area contributed by atoms with Crippen LogP contribution in [0.1, 0.15) is 103 Å². The number of rotatable bonds is 32. The molecular weight excluding hydrogens is 1480 g/mol. The third-order valence-electron chi connectivity index (χ3n) is 15.6. The number of esters is 6. The normalized spacial score (nSPS) is 11.4. The number of alkyl halides is 9. The minimum atomic E-state index is -4.22. The number of hydrogen-bond donors (Lipinski definition) is 4. The highest BCUT2D eigenvalue weighted by atomic mass is 19.4. The van der Waals surface area contributed by atoms with Gasteiger partial charge in [0.05, 0.1) is 50.2 Å². The molecule has 9 rings (SSSR count). The fourth-order valence-corrected chi connectivity index (χ4v) is 9.79. The first kappa shape index (κ1) is 86.2. The van der Waals surface area contributed by atoms with Crippen LogP contribution in [0.15, 0.2) is 231 Å². The Morgan fingerprint density at radius 3 is 1.00 bits per heavy atom. The summed E-state index contributed by atoms with van der Waals surface area (Å²) in [4.78, 5) is 72.8. The van der Waals surface area contributed by atoms with Gasteiger partial charge in [-0.15, -0.1) is 0 Å². The molecule has 0 saturated heterocycles. The third-order valence-corrected chi connectivity index (χ3v) is 15.6. The first-order valence-corrected chi connectivity index (χ1v) is 34.6. The van der Waals surface area contributed by atoms with Gasteiger partial charge in [0.1, 0.15) is 40.6 Å². The lowest BCUT2D eigenvalue weighted by molar-refractivity contribution is -0.143. The summed E-state index contributed by atoms with van der Waals surface area (Å²) in [7, 11) is 1.28. The monoisotopic (exact) mass is 1550 g/mol. The molecule has 19 nitrogen and oxygen atoms in total. The Bertz CT molecular complexity index is 4530. The topological polar surface area (TPSA) is 290 Å². The molecule has 0 heterocycles. The van der Waals surface area contributed by atoms with E-state index in [1.54, 1.807) is 133 Å². The molecule has 0 aliphatic rings. The molecule has 0 amide bonds. The van der Waals surface area contributed by atoms with Gasteiger partial charge in [-0.05, 0) is 216 Å². The van der Waals surface area contributed by atoms with Crippen LogP contribution in [-0.2, 0) is 47.9 Å². The molecule has 588 valence electrons. The molecule has 0 spiro atoms. The van der Waals surface area contributed by atoms with Gasteiger partial charge >= 0.3 is 54.3 Å². The fraction of sp³-hybridized carbons (Fsp3) is 0.214. The van der Waals surface area contributed by atoms with Crippen molar-refractivity contribution in [3.63, 3.8) is 0 Å². The lowest BCUT2D eigenvalue weighted by Gasteiger charge is -2.18. The van der Waals surface area contributed by atoms with E-state index in [0.29, 0.717) is 87.6 Å². The quantitative estimate of drug-likeness (QED) is 0.00579. The number of nitrogen functional groups attached to an aromatic ring is 4. The molecule has 0 unspecified atom stereocenters. The summed E-state index contributed by atoms with van der Waals surface area (Å²) in [5, 5.41) is 0. The zero-order valence-corrected chi connectivity index (χ0v) is 60.3. The minimum absolute atomic E-state index is 0.0694. The maximum absolute atomic E-state index is 12.7. The summed E-state index contributed by atoms with van der Waals surface area (Å²) in [6.45, 7) is -0.0758. The Kier molecular flexibility index (Phi) is 33.3. The third kappa shape index (κ3) is 33.6. The van der Waals surface area contributed by atoms with Crippen molar-refractivity contribution in [3.05, 3.63) is 281 Å². The molecule has 112 heavy (non-hydrogen) atoms. The second-order valence-corrected chi connectivity index (χ2v) is 24.5. The van der Waals surface area contributed by atoms with Crippen molar-refractivity contribution in [2.75, 3.05) is 56.5 Å². The molecule has 0 aliphatic carbocycles. The average Bonchev–Trinajstić information content (AvgIpc) is 0.898. The van der Waals surface area contributed by atoms with Gasteiger partial charge in [0, 0.05) is 79.5 Å². The van der Waals surface area contributed by atoms with Crippen LogP contribution >= 0.6 is 0 Å². The van der Waals surface area contributed by atoms with Gasteiger partial charge in [-0.2, -0.15) is 39.5 Å². The number of carbonyl (C=O) groups excluding carboxylic acids is 6.